The van der Waals surface area contributed by atoms with E-state index in [4.69, 9.17) is 5.11 Å². The van der Waals surface area contributed by atoms with Crippen molar-refractivity contribution < 1.29 is 17.9 Å². The third-order valence-electron chi connectivity index (χ3n) is 3.08. The zero-order chi connectivity index (χ0) is 14.6. The minimum Gasteiger partial charge on any atom is -0.395 e. The quantitative estimate of drug-likeness (QED) is 0.857. The van der Waals surface area contributed by atoms with E-state index in [0.717, 1.165) is 25.0 Å². The van der Waals surface area contributed by atoms with Crippen LogP contribution in [0.25, 0.3) is 0 Å². The summed E-state index contributed by atoms with van der Waals surface area (Å²) in [6.45, 7) is 0.864. The molecule has 6 heteroatoms. The lowest BCUT2D eigenvalue weighted by atomic mass is 10.2. The highest BCUT2D eigenvalue weighted by Gasteiger charge is 2.29. The highest BCUT2D eigenvalue weighted by atomic mass is 32.2. The standard InChI is InChI=1S/C14H16FNO3S/c15-13-6-7-14(12(11-13)5-1-4-10-17)20(18,19)16-8-2-3-9-16/h6-7,11,17H,2-4,8-10H2. The maximum Gasteiger partial charge on any atom is 0.244 e. The van der Waals surface area contributed by atoms with Crippen LogP contribution in [0.1, 0.15) is 24.8 Å². The van der Waals surface area contributed by atoms with Gasteiger partial charge in [0, 0.05) is 25.1 Å². The molecule has 0 spiro atoms. The van der Waals surface area contributed by atoms with Crippen LogP contribution in [0.4, 0.5) is 4.39 Å². The van der Waals surface area contributed by atoms with Gasteiger partial charge in [0.25, 0.3) is 0 Å². The molecule has 20 heavy (non-hydrogen) atoms. The molecule has 0 amide bonds. The molecule has 0 aliphatic carbocycles. The van der Waals surface area contributed by atoms with E-state index >= 15 is 0 Å². The Kier molecular flexibility index (Phi) is 4.76. The number of hydrogen-bond acceptors (Lipinski definition) is 3. The first-order valence-electron chi connectivity index (χ1n) is 6.45. The van der Waals surface area contributed by atoms with E-state index < -0.39 is 15.8 Å². The van der Waals surface area contributed by atoms with Crippen LogP contribution in [0.15, 0.2) is 23.1 Å². The van der Waals surface area contributed by atoms with Crippen molar-refractivity contribution in [3.63, 3.8) is 0 Å². The number of aliphatic hydroxyl groups is 1. The Morgan fingerprint density at radius 2 is 2.00 bits per heavy atom. The molecule has 1 aromatic rings. The van der Waals surface area contributed by atoms with Gasteiger partial charge in [-0.2, -0.15) is 4.31 Å². The summed E-state index contributed by atoms with van der Waals surface area (Å²) in [6, 6.07) is 3.50. The van der Waals surface area contributed by atoms with Gasteiger partial charge in [-0.05, 0) is 31.0 Å². The molecule has 0 bridgehead atoms. The monoisotopic (exact) mass is 297 g/mol. The number of halogens is 1. The smallest absolute Gasteiger partial charge is 0.244 e. The van der Waals surface area contributed by atoms with Crippen LogP contribution >= 0.6 is 0 Å². The predicted octanol–water partition coefficient (Wildman–Crippen LogP) is 1.34. The molecule has 4 nitrogen and oxygen atoms in total. The zero-order valence-electron chi connectivity index (χ0n) is 11.0. The lowest BCUT2D eigenvalue weighted by molar-refractivity contribution is 0.305. The van der Waals surface area contributed by atoms with Gasteiger partial charge in [0.1, 0.15) is 5.82 Å². The molecule has 108 valence electrons. The fourth-order valence-corrected chi connectivity index (χ4v) is 3.75. The Labute approximate surface area is 118 Å². The van der Waals surface area contributed by atoms with E-state index in [2.05, 4.69) is 11.8 Å². The van der Waals surface area contributed by atoms with Crippen LogP contribution in [0, 0.1) is 17.7 Å². The normalized spacial score (nSPS) is 15.9. The molecule has 0 aromatic heterocycles. The van der Waals surface area contributed by atoms with Crippen molar-refractivity contribution >= 4 is 10.0 Å². The van der Waals surface area contributed by atoms with Crippen LogP contribution in [0.2, 0.25) is 0 Å². The average Bonchev–Trinajstić information content (AvgIpc) is 2.93. The fraction of sp³-hybridized carbons (Fsp3) is 0.429. The highest BCUT2D eigenvalue weighted by Crippen LogP contribution is 2.24. The third-order valence-corrected chi connectivity index (χ3v) is 5.04. The van der Waals surface area contributed by atoms with Gasteiger partial charge in [-0.15, -0.1) is 0 Å². The molecule has 1 N–H and O–H groups in total. The Morgan fingerprint density at radius 3 is 2.65 bits per heavy atom. The second-order valence-corrected chi connectivity index (χ2v) is 6.43. The summed E-state index contributed by atoms with van der Waals surface area (Å²) in [6.07, 6.45) is 1.90. The first kappa shape index (κ1) is 15.0. The molecule has 1 saturated heterocycles. The summed E-state index contributed by atoms with van der Waals surface area (Å²) in [4.78, 5) is 0.0336. The fourth-order valence-electron chi connectivity index (χ4n) is 2.11. The number of sulfonamides is 1. The number of aliphatic hydroxyl groups excluding tert-OH is 1. The van der Waals surface area contributed by atoms with Crippen LogP contribution in [-0.2, 0) is 10.0 Å². The van der Waals surface area contributed by atoms with Crippen molar-refractivity contribution in [1.82, 2.24) is 4.31 Å². The summed E-state index contributed by atoms with van der Waals surface area (Å²) >= 11 is 0. The van der Waals surface area contributed by atoms with Crippen molar-refractivity contribution in [3.8, 4) is 11.8 Å². The Balaban J connectivity index is 2.43. The molecule has 0 unspecified atom stereocenters. The third kappa shape index (κ3) is 3.18. The van der Waals surface area contributed by atoms with Gasteiger partial charge in [-0.25, -0.2) is 12.8 Å². The summed E-state index contributed by atoms with van der Waals surface area (Å²) < 4.78 is 39.7. The Morgan fingerprint density at radius 1 is 1.30 bits per heavy atom. The van der Waals surface area contributed by atoms with Gasteiger partial charge in [0.05, 0.1) is 11.5 Å². The first-order chi connectivity index (χ1) is 9.55. The van der Waals surface area contributed by atoms with Gasteiger partial charge in [-0.3, -0.25) is 0 Å². The van der Waals surface area contributed by atoms with Crippen molar-refractivity contribution in [1.29, 1.82) is 0 Å². The molecule has 1 aromatic carbocycles. The van der Waals surface area contributed by atoms with Crippen LogP contribution in [-0.4, -0.2) is 37.5 Å². The molecule has 0 atom stereocenters. The van der Waals surface area contributed by atoms with E-state index in [1.165, 1.54) is 10.4 Å². The minimum absolute atomic E-state index is 0.0336. The Hall–Kier alpha value is -1.42. The predicted molar refractivity (Wildman–Crippen MR) is 73.0 cm³/mol. The molecule has 1 heterocycles. The molecular formula is C14H16FNO3S. The zero-order valence-corrected chi connectivity index (χ0v) is 11.8. The second kappa shape index (κ2) is 6.35. The maximum absolute atomic E-state index is 13.3. The van der Waals surface area contributed by atoms with Gasteiger partial charge >= 0.3 is 0 Å². The van der Waals surface area contributed by atoms with E-state index in [9.17, 15) is 12.8 Å². The highest BCUT2D eigenvalue weighted by molar-refractivity contribution is 7.89. The topological polar surface area (TPSA) is 57.6 Å². The Bertz CT molecular complexity index is 640. The molecule has 0 saturated carbocycles. The largest absolute Gasteiger partial charge is 0.395 e. The van der Waals surface area contributed by atoms with Gasteiger partial charge < -0.3 is 5.11 Å². The van der Waals surface area contributed by atoms with Crippen molar-refractivity contribution in [2.24, 2.45) is 0 Å². The minimum atomic E-state index is -3.62. The lowest BCUT2D eigenvalue weighted by Gasteiger charge is -2.16. The first-order valence-corrected chi connectivity index (χ1v) is 7.89. The number of rotatable bonds is 3. The van der Waals surface area contributed by atoms with Crippen molar-refractivity contribution in [2.45, 2.75) is 24.2 Å². The van der Waals surface area contributed by atoms with Crippen LogP contribution in [0.3, 0.4) is 0 Å². The van der Waals surface area contributed by atoms with E-state index in [0.29, 0.717) is 13.1 Å². The summed E-state index contributed by atoms with van der Waals surface area (Å²) in [7, 11) is -3.62. The van der Waals surface area contributed by atoms with E-state index in [-0.39, 0.29) is 23.5 Å². The van der Waals surface area contributed by atoms with Crippen molar-refractivity contribution in [2.75, 3.05) is 19.7 Å². The molecule has 1 aliphatic rings. The lowest BCUT2D eigenvalue weighted by Crippen LogP contribution is -2.28. The SMILES string of the molecule is O=S(=O)(c1ccc(F)cc1C#CCCO)N1CCCC1. The van der Waals surface area contributed by atoms with Crippen LogP contribution in [0.5, 0.6) is 0 Å². The maximum atomic E-state index is 13.3. The van der Waals surface area contributed by atoms with Crippen LogP contribution < -0.4 is 0 Å². The number of hydrogen-bond donors (Lipinski definition) is 1. The molecule has 0 radical (unpaired) electrons. The van der Waals surface area contributed by atoms with Gasteiger partial charge in [0.2, 0.25) is 10.0 Å². The summed E-state index contributed by atoms with van der Waals surface area (Å²) in [5.74, 6) is 4.73. The average molecular weight is 297 g/mol. The summed E-state index contributed by atoms with van der Waals surface area (Å²) in [5.41, 5.74) is 0.144. The summed E-state index contributed by atoms with van der Waals surface area (Å²) in [5, 5.41) is 8.70. The number of nitrogens with zero attached hydrogens (tertiary/aromatic N) is 1. The molecule has 1 aliphatic heterocycles. The molecular weight excluding hydrogens is 281 g/mol. The molecule has 1 fully saturated rings. The van der Waals surface area contributed by atoms with Gasteiger partial charge in [0.15, 0.2) is 0 Å². The molecule has 2 rings (SSSR count). The second-order valence-electron chi connectivity index (χ2n) is 4.53. The number of benzene rings is 1. The van der Waals surface area contributed by atoms with E-state index in [1.54, 1.807) is 0 Å². The van der Waals surface area contributed by atoms with Crippen molar-refractivity contribution in [3.05, 3.63) is 29.6 Å². The van der Waals surface area contributed by atoms with Gasteiger partial charge in [-0.1, -0.05) is 11.8 Å². The van der Waals surface area contributed by atoms with E-state index in [1.807, 2.05) is 0 Å².